The molecule has 0 bridgehead atoms. The Morgan fingerprint density at radius 2 is 2.04 bits per heavy atom. The predicted molar refractivity (Wildman–Crippen MR) is 102 cm³/mol. The van der Waals surface area contributed by atoms with Gasteiger partial charge in [0.25, 0.3) is 0 Å². The van der Waals surface area contributed by atoms with Crippen LogP contribution >= 0.6 is 11.3 Å². The Bertz CT molecular complexity index is 924. The maximum absolute atomic E-state index is 5.24. The van der Waals surface area contributed by atoms with Gasteiger partial charge in [0, 0.05) is 35.4 Å². The van der Waals surface area contributed by atoms with E-state index < -0.39 is 0 Å². The quantitative estimate of drug-likeness (QED) is 0.656. The van der Waals surface area contributed by atoms with Gasteiger partial charge >= 0.3 is 0 Å². The number of nitrogens with zero attached hydrogens (tertiary/aromatic N) is 4. The standard InChI is InChI=1S/C19H20N4OS/c1-4-21-19-23(22-14(2)16-6-5-11-20-12-16)18(13-25-19)15-7-9-17(24-3)10-8-15/h5-13H,4H2,1-3H3. The third-order valence-corrected chi connectivity index (χ3v) is 4.55. The zero-order valence-corrected chi connectivity index (χ0v) is 15.3. The van der Waals surface area contributed by atoms with Gasteiger partial charge in [-0.25, -0.2) is 4.68 Å². The first-order chi connectivity index (χ1) is 12.2. The van der Waals surface area contributed by atoms with Crippen LogP contribution in [0.25, 0.3) is 11.3 Å². The molecule has 128 valence electrons. The zero-order chi connectivity index (χ0) is 17.6. The molecule has 0 fully saturated rings. The number of benzene rings is 1. The molecular formula is C19H20N4OS. The van der Waals surface area contributed by atoms with E-state index in [9.17, 15) is 0 Å². The van der Waals surface area contributed by atoms with Crippen LogP contribution in [0.3, 0.4) is 0 Å². The van der Waals surface area contributed by atoms with Crippen molar-refractivity contribution in [3.05, 3.63) is 64.5 Å². The number of pyridine rings is 1. The van der Waals surface area contributed by atoms with Crippen LogP contribution in [0.2, 0.25) is 0 Å². The second kappa shape index (κ2) is 7.90. The monoisotopic (exact) mass is 352 g/mol. The van der Waals surface area contributed by atoms with E-state index in [2.05, 4.69) is 15.4 Å². The number of hydrogen-bond donors (Lipinski definition) is 0. The molecule has 0 atom stereocenters. The Morgan fingerprint density at radius 1 is 1.24 bits per heavy atom. The molecule has 0 aliphatic heterocycles. The van der Waals surface area contributed by atoms with Crippen LogP contribution in [0.15, 0.2) is 64.3 Å². The molecule has 3 rings (SSSR count). The molecule has 0 spiro atoms. The summed E-state index contributed by atoms with van der Waals surface area (Å²) >= 11 is 1.59. The van der Waals surface area contributed by atoms with Gasteiger partial charge in [-0.3, -0.25) is 9.98 Å². The average Bonchev–Trinajstić information content (AvgIpc) is 3.05. The van der Waals surface area contributed by atoms with Gasteiger partial charge in [-0.2, -0.15) is 5.10 Å². The van der Waals surface area contributed by atoms with Crippen molar-refractivity contribution in [3.8, 4) is 17.0 Å². The Hall–Kier alpha value is -2.73. The predicted octanol–water partition coefficient (Wildman–Crippen LogP) is 3.81. The lowest BCUT2D eigenvalue weighted by Gasteiger charge is -2.07. The molecular weight excluding hydrogens is 332 g/mol. The summed E-state index contributed by atoms with van der Waals surface area (Å²) < 4.78 is 7.15. The Morgan fingerprint density at radius 3 is 2.68 bits per heavy atom. The van der Waals surface area contributed by atoms with E-state index >= 15 is 0 Å². The van der Waals surface area contributed by atoms with Crippen molar-refractivity contribution < 1.29 is 4.74 Å². The molecule has 0 radical (unpaired) electrons. The molecule has 6 heteroatoms. The van der Waals surface area contributed by atoms with Crippen molar-refractivity contribution in [2.45, 2.75) is 13.8 Å². The highest BCUT2D eigenvalue weighted by Crippen LogP contribution is 2.23. The fourth-order valence-corrected chi connectivity index (χ4v) is 3.28. The summed E-state index contributed by atoms with van der Waals surface area (Å²) in [6.45, 7) is 4.72. The van der Waals surface area contributed by atoms with E-state index in [0.717, 1.165) is 33.1 Å². The first-order valence-corrected chi connectivity index (χ1v) is 8.92. The van der Waals surface area contributed by atoms with E-state index in [0.29, 0.717) is 6.54 Å². The minimum Gasteiger partial charge on any atom is -0.497 e. The molecule has 0 saturated carbocycles. The molecule has 1 aromatic carbocycles. The molecule has 2 aromatic heterocycles. The maximum atomic E-state index is 5.24. The number of hydrogen-bond acceptors (Lipinski definition) is 5. The van der Waals surface area contributed by atoms with Crippen molar-refractivity contribution >= 4 is 17.0 Å². The number of rotatable bonds is 5. The topological polar surface area (TPSA) is 51.8 Å². The zero-order valence-electron chi connectivity index (χ0n) is 14.5. The second-order valence-corrected chi connectivity index (χ2v) is 6.18. The van der Waals surface area contributed by atoms with Crippen LogP contribution in [0.1, 0.15) is 19.4 Å². The minimum absolute atomic E-state index is 0.712. The molecule has 0 unspecified atom stereocenters. The highest BCUT2D eigenvalue weighted by Gasteiger charge is 2.09. The van der Waals surface area contributed by atoms with Crippen LogP contribution in [0.4, 0.5) is 0 Å². The highest BCUT2D eigenvalue weighted by molar-refractivity contribution is 7.07. The highest BCUT2D eigenvalue weighted by atomic mass is 32.1. The summed E-state index contributed by atoms with van der Waals surface area (Å²) in [6.07, 6.45) is 3.57. The Kier molecular flexibility index (Phi) is 5.40. The number of thiazole rings is 1. The molecule has 0 aliphatic rings. The van der Waals surface area contributed by atoms with Gasteiger partial charge in [0.1, 0.15) is 5.75 Å². The van der Waals surface area contributed by atoms with Gasteiger partial charge in [-0.15, -0.1) is 11.3 Å². The van der Waals surface area contributed by atoms with Gasteiger partial charge in [-0.05, 0) is 44.2 Å². The fraction of sp³-hybridized carbons (Fsp3) is 0.211. The van der Waals surface area contributed by atoms with Crippen molar-refractivity contribution in [1.29, 1.82) is 0 Å². The largest absolute Gasteiger partial charge is 0.497 e. The van der Waals surface area contributed by atoms with Crippen molar-refractivity contribution in [2.75, 3.05) is 13.7 Å². The lowest BCUT2D eigenvalue weighted by Crippen LogP contribution is -2.14. The fourth-order valence-electron chi connectivity index (χ4n) is 2.38. The number of methoxy groups -OCH3 is 1. The molecule has 0 N–H and O–H groups in total. The van der Waals surface area contributed by atoms with Crippen LogP contribution in [0, 0.1) is 0 Å². The molecule has 0 amide bonds. The van der Waals surface area contributed by atoms with Crippen LogP contribution in [-0.2, 0) is 0 Å². The summed E-state index contributed by atoms with van der Waals surface area (Å²) in [4.78, 5) is 9.61. The number of ether oxygens (including phenoxy) is 1. The van der Waals surface area contributed by atoms with E-state index in [-0.39, 0.29) is 0 Å². The lowest BCUT2D eigenvalue weighted by atomic mass is 10.2. The van der Waals surface area contributed by atoms with Crippen LogP contribution in [-0.4, -0.2) is 29.0 Å². The van der Waals surface area contributed by atoms with Crippen molar-refractivity contribution in [2.24, 2.45) is 10.1 Å². The van der Waals surface area contributed by atoms with Crippen LogP contribution < -0.4 is 9.54 Å². The van der Waals surface area contributed by atoms with E-state index in [1.54, 1.807) is 24.6 Å². The van der Waals surface area contributed by atoms with Gasteiger partial charge < -0.3 is 4.74 Å². The summed E-state index contributed by atoms with van der Waals surface area (Å²) in [7, 11) is 1.67. The van der Waals surface area contributed by atoms with Gasteiger partial charge in [0.05, 0.1) is 18.5 Å². The third kappa shape index (κ3) is 3.85. The van der Waals surface area contributed by atoms with Gasteiger partial charge in [-0.1, -0.05) is 6.07 Å². The summed E-state index contributed by atoms with van der Waals surface area (Å²) in [5.41, 5.74) is 3.95. The first kappa shape index (κ1) is 17.1. The molecule has 0 aliphatic carbocycles. The first-order valence-electron chi connectivity index (χ1n) is 8.04. The summed E-state index contributed by atoms with van der Waals surface area (Å²) in [5, 5.41) is 6.89. The molecule has 25 heavy (non-hydrogen) atoms. The molecule has 5 nitrogen and oxygen atoms in total. The minimum atomic E-state index is 0.712. The van der Waals surface area contributed by atoms with Gasteiger partial charge in [0.2, 0.25) is 4.80 Å². The normalized spacial score (nSPS) is 12.4. The molecule has 0 saturated heterocycles. The van der Waals surface area contributed by atoms with Crippen LogP contribution in [0.5, 0.6) is 5.75 Å². The Labute approximate surface area is 151 Å². The lowest BCUT2D eigenvalue weighted by molar-refractivity contribution is 0.415. The number of aromatic nitrogens is 2. The smallest absolute Gasteiger partial charge is 0.206 e. The summed E-state index contributed by atoms with van der Waals surface area (Å²) in [6, 6.07) is 11.9. The average molecular weight is 352 g/mol. The van der Waals surface area contributed by atoms with E-state index in [1.165, 1.54) is 0 Å². The van der Waals surface area contributed by atoms with Crippen molar-refractivity contribution in [1.82, 2.24) is 9.66 Å². The molecule has 2 heterocycles. The summed E-state index contributed by atoms with van der Waals surface area (Å²) in [5.74, 6) is 0.832. The Balaban J connectivity index is 2.10. The van der Waals surface area contributed by atoms with Gasteiger partial charge in [0.15, 0.2) is 0 Å². The second-order valence-electron chi connectivity index (χ2n) is 5.35. The van der Waals surface area contributed by atoms with Crippen molar-refractivity contribution in [3.63, 3.8) is 0 Å². The third-order valence-electron chi connectivity index (χ3n) is 3.69. The van der Waals surface area contributed by atoms with E-state index in [4.69, 9.17) is 9.84 Å². The molecule has 3 aromatic rings. The maximum Gasteiger partial charge on any atom is 0.206 e. The SMILES string of the molecule is CCN=c1scc(-c2ccc(OC)cc2)n1N=C(C)c1cccnc1. The van der Waals surface area contributed by atoms with E-state index in [1.807, 2.05) is 61.1 Å².